The van der Waals surface area contributed by atoms with Crippen LogP contribution in [0.3, 0.4) is 0 Å². The number of pyridine rings is 1. The molecule has 0 radical (unpaired) electrons. The van der Waals surface area contributed by atoms with Gasteiger partial charge in [-0.15, -0.1) is 10.2 Å². The summed E-state index contributed by atoms with van der Waals surface area (Å²) in [5.41, 5.74) is 0.867. The summed E-state index contributed by atoms with van der Waals surface area (Å²) in [7, 11) is 1.66. The molecule has 4 heteroatoms. The average molecular weight is 189 g/mol. The molecule has 0 aliphatic heterocycles. The van der Waals surface area contributed by atoms with Crippen molar-refractivity contribution in [3.05, 3.63) is 24.2 Å². The van der Waals surface area contributed by atoms with Crippen LogP contribution in [0, 0.1) is 0 Å². The van der Waals surface area contributed by atoms with Gasteiger partial charge < -0.3 is 4.74 Å². The summed E-state index contributed by atoms with van der Waals surface area (Å²) < 4.78 is 7.17. The molecule has 72 valence electrons. The van der Waals surface area contributed by atoms with E-state index in [4.69, 9.17) is 4.74 Å². The van der Waals surface area contributed by atoms with Crippen LogP contribution >= 0.6 is 0 Å². The molecule has 14 heavy (non-hydrogen) atoms. The maximum absolute atomic E-state index is 5.13. The molecule has 1 aliphatic rings. The molecule has 2 aromatic heterocycles. The van der Waals surface area contributed by atoms with Gasteiger partial charge in [-0.05, 0) is 18.9 Å². The molecule has 0 atom stereocenters. The van der Waals surface area contributed by atoms with Crippen LogP contribution in [0.5, 0.6) is 5.75 Å². The van der Waals surface area contributed by atoms with Crippen LogP contribution in [0.25, 0.3) is 5.65 Å². The summed E-state index contributed by atoms with van der Waals surface area (Å²) in [6, 6.07) is 3.83. The lowest BCUT2D eigenvalue weighted by molar-refractivity contribution is 0.414. The molecule has 3 rings (SSSR count). The van der Waals surface area contributed by atoms with Crippen molar-refractivity contribution in [1.82, 2.24) is 14.6 Å². The number of hydrogen-bond acceptors (Lipinski definition) is 3. The molecule has 0 aromatic carbocycles. The number of aromatic nitrogens is 3. The fourth-order valence-corrected chi connectivity index (χ4v) is 1.64. The normalized spacial score (nSPS) is 16.1. The van der Waals surface area contributed by atoms with Crippen LogP contribution in [0.2, 0.25) is 0 Å². The first-order valence-corrected chi connectivity index (χ1v) is 4.77. The fraction of sp³-hybridized carbons (Fsp3) is 0.400. The van der Waals surface area contributed by atoms with E-state index in [-0.39, 0.29) is 0 Å². The molecule has 0 bridgehead atoms. The Hall–Kier alpha value is -1.58. The van der Waals surface area contributed by atoms with E-state index in [0.717, 1.165) is 17.2 Å². The first kappa shape index (κ1) is 7.79. The van der Waals surface area contributed by atoms with Crippen LogP contribution in [-0.2, 0) is 0 Å². The Kier molecular flexibility index (Phi) is 1.50. The van der Waals surface area contributed by atoms with Crippen LogP contribution in [0.4, 0.5) is 0 Å². The molecule has 2 heterocycles. The second-order valence-electron chi connectivity index (χ2n) is 3.63. The topological polar surface area (TPSA) is 39.4 Å². The van der Waals surface area contributed by atoms with Crippen molar-refractivity contribution in [1.29, 1.82) is 0 Å². The van der Waals surface area contributed by atoms with E-state index in [0.29, 0.717) is 5.92 Å². The van der Waals surface area contributed by atoms with Gasteiger partial charge in [0.25, 0.3) is 0 Å². The third-order valence-electron chi connectivity index (χ3n) is 2.59. The SMILES string of the molecule is COc1ccn2c(C3CC3)nnc2c1. The Balaban J connectivity index is 2.17. The zero-order valence-electron chi connectivity index (χ0n) is 7.97. The van der Waals surface area contributed by atoms with Crippen molar-refractivity contribution in [3.8, 4) is 5.75 Å². The van der Waals surface area contributed by atoms with Crippen LogP contribution < -0.4 is 4.74 Å². The highest BCUT2D eigenvalue weighted by atomic mass is 16.5. The summed E-state index contributed by atoms with van der Waals surface area (Å²) in [5.74, 6) is 2.54. The Morgan fingerprint density at radius 3 is 3.00 bits per heavy atom. The third-order valence-corrected chi connectivity index (χ3v) is 2.59. The van der Waals surface area contributed by atoms with Crippen molar-refractivity contribution in [2.24, 2.45) is 0 Å². The lowest BCUT2D eigenvalue weighted by Crippen LogP contribution is -1.92. The molecule has 0 spiro atoms. The highest BCUT2D eigenvalue weighted by Gasteiger charge is 2.28. The highest BCUT2D eigenvalue weighted by Crippen LogP contribution is 2.39. The summed E-state index contributed by atoms with van der Waals surface area (Å²) in [5, 5.41) is 8.31. The zero-order valence-corrected chi connectivity index (χ0v) is 7.97. The number of nitrogens with zero attached hydrogens (tertiary/aromatic N) is 3. The molecular weight excluding hydrogens is 178 g/mol. The predicted octanol–water partition coefficient (Wildman–Crippen LogP) is 1.62. The van der Waals surface area contributed by atoms with E-state index in [2.05, 4.69) is 10.2 Å². The Morgan fingerprint density at radius 2 is 2.29 bits per heavy atom. The number of rotatable bonds is 2. The van der Waals surface area contributed by atoms with Gasteiger partial charge in [0.15, 0.2) is 5.65 Å². The molecular formula is C10H11N3O. The number of ether oxygens (including phenoxy) is 1. The number of methoxy groups -OCH3 is 1. The molecule has 1 aliphatic carbocycles. The van der Waals surface area contributed by atoms with E-state index >= 15 is 0 Å². The minimum Gasteiger partial charge on any atom is -0.497 e. The van der Waals surface area contributed by atoms with Crippen molar-refractivity contribution < 1.29 is 4.74 Å². The van der Waals surface area contributed by atoms with Crippen LogP contribution in [0.15, 0.2) is 18.3 Å². The van der Waals surface area contributed by atoms with E-state index in [9.17, 15) is 0 Å². The summed E-state index contributed by atoms with van der Waals surface area (Å²) >= 11 is 0. The quantitative estimate of drug-likeness (QED) is 0.720. The maximum Gasteiger partial charge on any atom is 0.164 e. The van der Waals surface area contributed by atoms with Gasteiger partial charge in [-0.2, -0.15) is 0 Å². The molecule has 0 amide bonds. The first-order valence-electron chi connectivity index (χ1n) is 4.77. The van der Waals surface area contributed by atoms with Gasteiger partial charge in [-0.25, -0.2) is 0 Å². The fourth-order valence-electron chi connectivity index (χ4n) is 1.64. The number of hydrogen-bond donors (Lipinski definition) is 0. The summed E-state index contributed by atoms with van der Waals surface area (Å²) in [6.45, 7) is 0. The number of fused-ring (bicyclic) bond motifs is 1. The largest absolute Gasteiger partial charge is 0.497 e. The van der Waals surface area contributed by atoms with Gasteiger partial charge in [0.2, 0.25) is 0 Å². The van der Waals surface area contributed by atoms with Crippen molar-refractivity contribution in [2.75, 3.05) is 7.11 Å². The lowest BCUT2D eigenvalue weighted by atomic mass is 10.4. The molecule has 4 nitrogen and oxygen atoms in total. The summed E-state index contributed by atoms with van der Waals surface area (Å²) in [6.07, 6.45) is 4.46. The van der Waals surface area contributed by atoms with Crippen molar-refractivity contribution >= 4 is 5.65 Å². The molecule has 1 saturated carbocycles. The first-order chi connectivity index (χ1) is 6.88. The van der Waals surface area contributed by atoms with E-state index < -0.39 is 0 Å². The minimum atomic E-state index is 0.624. The second-order valence-corrected chi connectivity index (χ2v) is 3.63. The van der Waals surface area contributed by atoms with Gasteiger partial charge in [-0.3, -0.25) is 4.40 Å². The van der Waals surface area contributed by atoms with E-state index in [1.54, 1.807) is 7.11 Å². The molecule has 0 saturated heterocycles. The van der Waals surface area contributed by atoms with Gasteiger partial charge in [0, 0.05) is 18.2 Å². The van der Waals surface area contributed by atoms with E-state index in [1.807, 2.05) is 22.7 Å². The van der Waals surface area contributed by atoms with Crippen LogP contribution in [0.1, 0.15) is 24.6 Å². The van der Waals surface area contributed by atoms with Gasteiger partial charge in [0.05, 0.1) is 7.11 Å². The second kappa shape index (κ2) is 2.70. The maximum atomic E-state index is 5.13. The average Bonchev–Trinajstić information content (AvgIpc) is 2.98. The minimum absolute atomic E-state index is 0.624. The Morgan fingerprint density at radius 1 is 1.43 bits per heavy atom. The smallest absolute Gasteiger partial charge is 0.164 e. The van der Waals surface area contributed by atoms with Gasteiger partial charge in [-0.1, -0.05) is 0 Å². The monoisotopic (exact) mass is 189 g/mol. The standard InChI is InChI=1S/C10H11N3O/c1-14-8-4-5-13-9(6-8)11-12-10(13)7-2-3-7/h4-7H,2-3H2,1H3. The molecule has 0 unspecified atom stereocenters. The highest BCUT2D eigenvalue weighted by molar-refractivity contribution is 5.44. The van der Waals surface area contributed by atoms with Crippen molar-refractivity contribution in [2.45, 2.75) is 18.8 Å². The lowest BCUT2D eigenvalue weighted by Gasteiger charge is -2.00. The molecule has 2 aromatic rings. The predicted molar refractivity (Wildman–Crippen MR) is 51.5 cm³/mol. The van der Waals surface area contributed by atoms with Crippen LogP contribution in [-0.4, -0.2) is 21.7 Å². The molecule has 0 N–H and O–H groups in total. The van der Waals surface area contributed by atoms with Crippen molar-refractivity contribution in [3.63, 3.8) is 0 Å². The van der Waals surface area contributed by atoms with E-state index in [1.165, 1.54) is 12.8 Å². The van der Waals surface area contributed by atoms with Gasteiger partial charge >= 0.3 is 0 Å². The zero-order chi connectivity index (χ0) is 9.54. The van der Waals surface area contributed by atoms with Gasteiger partial charge in [0.1, 0.15) is 11.6 Å². The molecule has 1 fully saturated rings. The summed E-state index contributed by atoms with van der Waals surface area (Å²) in [4.78, 5) is 0. The Labute approximate surface area is 81.5 Å². The third kappa shape index (κ3) is 1.07. The Bertz CT molecular complexity index is 473.